The molecule has 2 aliphatic rings. The lowest BCUT2D eigenvalue weighted by molar-refractivity contribution is 0.186. The van der Waals surface area contributed by atoms with Crippen molar-refractivity contribution in [2.75, 3.05) is 40.3 Å². The van der Waals surface area contributed by atoms with Gasteiger partial charge in [0, 0.05) is 84.3 Å². The molecule has 1 fully saturated rings. The van der Waals surface area contributed by atoms with E-state index in [0.29, 0.717) is 17.8 Å². The minimum Gasteiger partial charge on any atom is -0.375 e. The molecular weight excluding hydrogens is 667 g/mol. The molecular formula is C47H73N5S. The maximum Gasteiger partial charge on any atom is 0.0536 e. The highest BCUT2D eigenvalue weighted by atomic mass is 32.2. The topological polar surface area (TPSA) is 26.7 Å². The molecule has 2 aromatic carbocycles. The van der Waals surface area contributed by atoms with E-state index in [4.69, 9.17) is 6.58 Å². The van der Waals surface area contributed by atoms with Crippen molar-refractivity contribution in [1.29, 1.82) is 0 Å². The zero-order valence-corrected chi connectivity index (χ0v) is 36.3. The lowest BCUT2D eigenvalue weighted by atomic mass is 9.70. The molecule has 5 rings (SSSR count). The minimum atomic E-state index is -0.197. The van der Waals surface area contributed by atoms with Gasteiger partial charge in [-0.2, -0.15) is 0 Å². The lowest BCUT2D eigenvalue weighted by Crippen LogP contribution is -2.43. The van der Waals surface area contributed by atoms with Crippen molar-refractivity contribution >= 4 is 28.7 Å². The second kappa shape index (κ2) is 19.0. The Morgan fingerprint density at radius 1 is 0.943 bits per heavy atom. The van der Waals surface area contributed by atoms with Crippen LogP contribution in [0, 0.1) is 18.3 Å². The quantitative estimate of drug-likeness (QED) is 0.139. The van der Waals surface area contributed by atoms with Crippen molar-refractivity contribution in [2.24, 2.45) is 11.3 Å². The van der Waals surface area contributed by atoms with Gasteiger partial charge in [-0.15, -0.1) is 0 Å². The number of fused-ring (bicyclic) bond motifs is 7. The van der Waals surface area contributed by atoms with Gasteiger partial charge in [-0.05, 0) is 82.3 Å². The van der Waals surface area contributed by atoms with Crippen LogP contribution >= 0.6 is 12.1 Å². The number of benzene rings is 2. The third-order valence-electron chi connectivity index (χ3n) is 11.5. The van der Waals surface area contributed by atoms with Crippen molar-refractivity contribution in [3.05, 3.63) is 89.8 Å². The number of nitrogens with zero attached hydrogens (tertiary/aromatic N) is 4. The standard InChI is InChI=1S/C42H61N5S.C5H12/c1-13-16-33(17-14-2)40-36-21-19-34(31(9)43-48-44(11)12)23-39(36)47-27-42(32(10)45(15-3)24-28(4)5)26-46(29(6)7)25-38(42)37-22-30(8)18-20-35(37)41(40)47;1-3-5-4-2/h18-23,28,33,38,43H,6,9-10,13-17,24-27H2,1-5,7-8,11-12H3;3-5H2,1-2H3. The predicted molar refractivity (Wildman–Crippen MR) is 236 cm³/mol. The molecule has 0 radical (unpaired) electrons. The van der Waals surface area contributed by atoms with E-state index in [-0.39, 0.29) is 5.41 Å². The first-order valence-corrected chi connectivity index (χ1v) is 21.5. The summed E-state index contributed by atoms with van der Waals surface area (Å²) >= 11 is 1.56. The number of likely N-dealkylation sites (tertiary alicyclic amines) is 1. The van der Waals surface area contributed by atoms with Crippen LogP contribution < -0.4 is 4.72 Å². The number of hydrogen-bond donors (Lipinski definition) is 1. The van der Waals surface area contributed by atoms with Crippen LogP contribution in [0.25, 0.3) is 27.9 Å². The van der Waals surface area contributed by atoms with E-state index in [1.165, 1.54) is 83.9 Å². The number of aryl methyl sites for hydroxylation is 1. The third-order valence-corrected chi connectivity index (χ3v) is 12.2. The van der Waals surface area contributed by atoms with E-state index in [0.717, 1.165) is 49.7 Å². The van der Waals surface area contributed by atoms with Gasteiger partial charge >= 0.3 is 0 Å². The van der Waals surface area contributed by atoms with Crippen LogP contribution in [0.1, 0.15) is 134 Å². The smallest absolute Gasteiger partial charge is 0.0536 e. The summed E-state index contributed by atoms with van der Waals surface area (Å²) in [6.07, 6.45) is 8.82. The zero-order chi connectivity index (χ0) is 39.0. The summed E-state index contributed by atoms with van der Waals surface area (Å²) in [5.41, 5.74) is 12.8. The molecule has 0 bridgehead atoms. The molecule has 5 nitrogen and oxygen atoms in total. The molecule has 2 atom stereocenters. The molecule has 1 N–H and O–H groups in total. The van der Waals surface area contributed by atoms with Crippen LogP contribution in [-0.2, 0) is 6.54 Å². The molecule has 6 heteroatoms. The summed E-state index contributed by atoms with van der Waals surface area (Å²) in [6, 6.07) is 14.4. The Kier molecular flexibility index (Phi) is 15.3. The Morgan fingerprint density at radius 2 is 1.62 bits per heavy atom. The summed E-state index contributed by atoms with van der Waals surface area (Å²) in [6.45, 7) is 39.2. The van der Waals surface area contributed by atoms with Crippen LogP contribution in [0.2, 0.25) is 0 Å². The first kappa shape index (κ1) is 42.6. The van der Waals surface area contributed by atoms with Gasteiger partial charge in [0.05, 0.1) is 11.1 Å². The van der Waals surface area contributed by atoms with Crippen molar-refractivity contribution in [2.45, 2.75) is 126 Å². The number of aromatic nitrogens is 1. The molecule has 3 aromatic rings. The van der Waals surface area contributed by atoms with E-state index in [2.05, 4.69) is 135 Å². The summed E-state index contributed by atoms with van der Waals surface area (Å²) < 4.78 is 8.26. The Morgan fingerprint density at radius 3 is 2.17 bits per heavy atom. The number of allylic oxidation sites excluding steroid dienone is 1. The highest BCUT2D eigenvalue weighted by molar-refractivity contribution is 7.95. The molecule has 0 saturated carbocycles. The number of nitrogens with one attached hydrogen (secondary N) is 1. The van der Waals surface area contributed by atoms with Crippen LogP contribution in [0.15, 0.2) is 67.5 Å². The van der Waals surface area contributed by atoms with Crippen LogP contribution in [0.5, 0.6) is 0 Å². The Bertz CT molecular complexity index is 1710. The third kappa shape index (κ3) is 9.24. The van der Waals surface area contributed by atoms with Gasteiger partial charge in [0.25, 0.3) is 0 Å². The number of unbranched alkanes of at least 4 members (excludes halogenated alkanes) is 2. The summed E-state index contributed by atoms with van der Waals surface area (Å²) in [5, 5.41) is 1.39. The van der Waals surface area contributed by atoms with E-state index >= 15 is 0 Å². The maximum atomic E-state index is 5.03. The van der Waals surface area contributed by atoms with Gasteiger partial charge in [0.1, 0.15) is 0 Å². The summed E-state index contributed by atoms with van der Waals surface area (Å²) in [5.74, 6) is 1.35. The Labute approximate surface area is 329 Å². The van der Waals surface area contributed by atoms with Gasteiger partial charge in [-0.1, -0.05) is 129 Å². The molecule has 3 heterocycles. The van der Waals surface area contributed by atoms with E-state index < -0.39 is 0 Å². The second-order valence-corrected chi connectivity index (χ2v) is 17.6. The molecule has 0 spiro atoms. The van der Waals surface area contributed by atoms with Crippen molar-refractivity contribution in [3.63, 3.8) is 0 Å². The fourth-order valence-electron chi connectivity index (χ4n) is 8.92. The first-order valence-electron chi connectivity index (χ1n) is 20.7. The predicted octanol–water partition coefficient (Wildman–Crippen LogP) is 12.6. The SMILES string of the molecule is C=C(NSN(C)C)c1ccc2c(C(CCC)CCC)c3n(c2c1)CC1(C(=C)N(CC)CC(C)C)CN(C(=C)C)CC1c1cc(C)ccc1-3.CCCCC. The molecule has 1 saturated heterocycles. The fourth-order valence-corrected chi connectivity index (χ4v) is 9.33. The molecule has 0 amide bonds. The monoisotopic (exact) mass is 740 g/mol. The second-order valence-electron chi connectivity index (χ2n) is 16.5. The first-order chi connectivity index (χ1) is 25.3. The molecule has 0 aliphatic carbocycles. The normalized spacial score (nSPS) is 17.7. The van der Waals surface area contributed by atoms with E-state index in [9.17, 15) is 0 Å². The van der Waals surface area contributed by atoms with Crippen LogP contribution in [-0.4, -0.2) is 58.9 Å². The Hall–Kier alpha value is -3.09. The van der Waals surface area contributed by atoms with E-state index in [1.54, 1.807) is 17.7 Å². The van der Waals surface area contributed by atoms with Crippen LogP contribution in [0.3, 0.4) is 0 Å². The van der Waals surface area contributed by atoms with Gasteiger partial charge in [-0.3, -0.25) is 0 Å². The summed E-state index contributed by atoms with van der Waals surface area (Å²) in [4.78, 5) is 5.12. The molecule has 292 valence electrons. The largest absolute Gasteiger partial charge is 0.375 e. The fraction of sp³-hybridized carbons (Fsp3) is 0.574. The molecule has 2 aliphatic heterocycles. The Balaban J connectivity index is 0.00000117. The highest BCUT2D eigenvalue weighted by Crippen LogP contribution is 2.57. The van der Waals surface area contributed by atoms with Gasteiger partial charge in [-0.25, -0.2) is 4.31 Å². The minimum absolute atomic E-state index is 0.197. The number of hydrogen-bond acceptors (Lipinski definition) is 5. The highest BCUT2D eigenvalue weighted by Gasteiger charge is 2.53. The van der Waals surface area contributed by atoms with Crippen LogP contribution in [0.4, 0.5) is 0 Å². The van der Waals surface area contributed by atoms with Crippen molar-refractivity contribution < 1.29 is 0 Å². The number of rotatable bonds is 17. The summed E-state index contributed by atoms with van der Waals surface area (Å²) in [7, 11) is 4.09. The maximum absolute atomic E-state index is 5.03. The van der Waals surface area contributed by atoms with Gasteiger partial charge in [0.2, 0.25) is 0 Å². The zero-order valence-electron chi connectivity index (χ0n) is 35.5. The lowest BCUT2D eigenvalue weighted by Gasteiger charge is -2.42. The van der Waals surface area contributed by atoms with E-state index in [1.807, 2.05) is 14.1 Å². The average molecular weight is 740 g/mol. The van der Waals surface area contributed by atoms with Crippen molar-refractivity contribution in [1.82, 2.24) is 23.4 Å². The average Bonchev–Trinajstić information content (AvgIpc) is 3.63. The van der Waals surface area contributed by atoms with Gasteiger partial charge in [0.15, 0.2) is 0 Å². The van der Waals surface area contributed by atoms with Crippen molar-refractivity contribution in [3.8, 4) is 11.3 Å². The van der Waals surface area contributed by atoms with Gasteiger partial charge < -0.3 is 19.1 Å². The molecule has 1 aromatic heterocycles. The molecule has 53 heavy (non-hydrogen) atoms. The molecule has 2 unspecified atom stereocenters.